The molecule has 1 aromatic rings. The third-order valence-corrected chi connectivity index (χ3v) is 3.13. The first-order valence-electron chi connectivity index (χ1n) is 6.32. The summed E-state index contributed by atoms with van der Waals surface area (Å²) < 4.78 is 10.4. The van der Waals surface area contributed by atoms with Crippen molar-refractivity contribution in [1.82, 2.24) is 5.32 Å². The number of hydrogen-bond donors (Lipinski definition) is 1. The average Bonchev–Trinajstić information content (AvgIpc) is 2.46. The van der Waals surface area contributed by atoms with E-state index < -0.39 is 0 Å². The molecule has 1 N–H and O–H groups in total. The third-order valence-electron chi connectivity index (χ3n) is 3.13. The number of piperidine rings is 1. The lowest BCUT2D eigenvalue weighted by Gasteiger charge is -2.21. The lowest BCUT2D eigenvalue weighted by atomic mass is 10.1. The molecule has 0 unspecified atom stereocenters. The SMILES string of the molecule is COc1ccc(COC(=O)[C@@H]2CCCCN2)cc1. The van der Waals surface area contributed by atoms with Crippen LogP contribution in [0.1, 0.15) is 24.8 Å². The van der Waals surface area contributed by atoms with E-state index in [4.69, 9.17) is 9.47 Å². The number of ether oxygens (including phenoxy) is 2. The first kappa shape index (κ1) is 12.9. The first-order chi connectivity index (χ1) is 8.79. The lowest BCUT2D eigenvalue weighted by Crippen LogP contribution is -2.41. The Labute approximate surface area is 107 Å². The van der Waals surface area contributed by atoms with Gasteiger partial charge in [0.2, 0.25) is 0 Å². The molecule has 0 aromatic heterocycles. The summed E-state index contributed by atoms with van der Waals surface area (Å²) in [5, 5.41) is 3.18. The van der Waals surface area contributed by atoms with Gasteiger partial charge in [-0.1, -0.05) is 18.6 Å². The Balaban J connectivity index is 1.80. The van der Waals surface area contributed by atoms with E-state index in [9.17, 15) is 4.79 Å². The maximum Gasteiger partial charge on any atom is 0.323 e. The highest BCUT2D eigenvalue weighted by molar-refractivity contribution is 5.75. The van der Waals surface area contributed by atoms with Crippen molar-refractivity contribution < 1.29 is 14.3 Å². The van der Waals surface area contributed by atoms with Gasteiger partial charge in [-0.25, -0.2) is 0 Å². The van der Waals surface area contributed by atoms with E-state index >= 15 is 0 Å². The summed E-state index contributed by atoms with van der Waals surface area (Å²) in [7, 11) is 1.63. The van der Waals surface area contributed by atoms with E-state index in [2.05, 4.69) is 5.32 Å². The van der Waals surface area contributed by atoms with Gasteiger partial charge in [-0.05, 0) is 37.1 Å². The Morgan fingerprint density at radius 1 is 1.33 bits per heavy atom. The van der Waals surface area contributed by atoms with Crippen molar-refractivity contribution in [1.29, 1.82) is 0 Å². The molecule has 1 fully saturated rings. The number of nitrogens with one attached hydrogen (secondary N) is 1. The minimum atomic E-state index is -0.148. The summed E-state index contributed by atoms with van der Waals surface area (Å²) in [6, 6.07) is 7.40. The maximum absolute atomic E-state index is 11.8. The van der Waals surface area contributed by atoms with Gasteiger partial charge in [0.15, 0.2) is 0 Å². The van der Waals surface area contributed by atoms with Crippen LogP contribution in [-0.2, 0) is 16.1 Å². The lowest BCUT2D eigenvalue weighted by molar-refractivity contribution is -0.148. The van der Waals surface area contributed by atoms with Crippen LogP contribution in [0.3, 0.4) is 0 Å². The molecule has 1 heterocycles. The van der Waals surface area contributed by atoms with E-state index in [1.807, 2.05) is 24.3 Å². The van der Waals surface area contributed by atoms with Crippen LogP contribution in [0.2, 0.25) is 0 Å². The van der Waals surface area contributed by atoms with E-state index in [1.165, 1.54) is 0 Å². The van der Waals surface area contributed by atoms with Gasteiger partial charge in [-0.2, -0.15) is 0 Å². The summed E-state index contributed by atoms with van der Waals surface area (Å²) in [5.74, 6) is 0.657. The second kappa shape index (κ2) is 6.40. The van der Waals surface area contributed by atoms with Crippen LogP contribution in [0.5, 0.6) is 5.75 Å². The number of hydrogen-bond acceptors (Lipinski definition) is 4. The summed E-state index contributed by atoms with van der Waals surface area (Å²) in [4.78, 5) is 11.8. The molecule has 1 aliphatic rings. The van der Waals surface area contributed by atoms with Crippen LogP contribution < -0.4 is 10.1 Å². The van der Waals surface area contributed by atoms with Gasteiger partial charge in [-0.15, -0.1) is 0 Å². The molecule has 0 spiro atoms. The predicted octanol–water partition coefficient (Wildman–Crippen LogP) is 1.88. The molecule has 0 saturated carbocycles. The average molecular weight is 249 g/mol. The fourth-order valence-corrected chi connectivity index (χ4v) is 2.03. The van der Waals surface area contributed by atoms with Crippen LogP contribution in [0, 0.1) is 0 Å². The number of esters is 1. The molecule has 2 rings (SSSR count). The molecule has 1 atom stereocenters. The molecule has 1 aliphatic heterocycles. The van der Waals surface area contributed by atoms with Crippen molar-refractivity contribution in [3.63, 3.8) is 0 Å². The van der Waals surface area contributed by atoms with Crippen molar-refractivity contribution in [3.05, 3.63) is 29.8 Å². The molecular formula is C14H19NO3. The molecule has 18 heavy (non-hydrogen) atoms. The van der Waals surface area contributed by atoms with Gasteiger partial charge in [-0.3, -0.25) is 4.79 Å². The molecule has 0 amide bonds. The van der Waals surface area contributed by atoms with Crippen molar-refractivity contribution in [2.45, 2.75) is 31.9 Å². The van der Waals surface area contributed by atoms with Crippen molar-refractivity contribution in [2.75, 3.05) is 13.7 Å². The molecule has 98 valence electrons. The quantitative estimate of drug-likeness (QED) is 0.828. The van der Waals surface area contributed by atoms with Gasteiger partial charge < -0.3 is 14.8 Å². The maximum atomic E-state index is 11.8. The highest BCUT2D eigenvalue weighted by atomic mass is 16.5. The normalized spacial score (nSPS) is 19.3. The van der Waals surface area contributed by atoms with Crippen LogP contribution >= 0.6 is 0 Å². The topological polar surface area (TPSA) is 47.6 Å². The monoisotopic (exact) mass is 249 g/mol. The summed E-state index contributed by atoms with van der Waals surface area (Å²) in [5.41, 5.74) is 0.972. The Kier molecular flexibility index (Phi) is 4.59. The Bertz CT molecular complexity index is 383. The van der Waals surface area contributed by atoms with Crippen LogP contribution in [0.25, 0.3) is 0 Å². The summed E-state index contributed by atoms with van der Waals surface area (Å²) >= 11 is 0. The number of carbonyl (C=O) groups excluding carboxylic acids is 1. The van der Waals surface area contributed by atoms with Crippen molar-refractivity contribution in [3.8, 4) is 5.75 Å². The largest absolute Gasteiger partial charge is 0.497 e. The van der Waals surface area contributed by atoms with Crippen LogP contribution in [-0.4, -0.2) is 25.7 Å². The predicted molar refractivity (Wildman–Crippen MR) is 68.4 cm³/mol. The number of benzene rings is 1. The van der Waals surface area contributed by atoms with Gasteiger partial charge >= 0.3 is 5.97 Å². The highest BCUT2D eigenvalue weighted by Gasteiger charge is 2.21. The Morgan fingerprint density at radius 2 is 2.11 bits per heavy atom. The van der Waals surface area contributed by atoms with E-state index in [0.717, 1.165) is 37.1 Å². The van der Waals surface area contributed by atoms with Crippen LogP contribution in [0.4, 0.5) is 0 Å². The molecule has 1 saturated heterocycles. The van der Waals surface area contributed by atoms with Gasteiger partial charge in [0.25, 0.3) is 0 Å². The second-order valence-electron chi connectivity index (χ2n) is 4.46. The zero-order valence-electron chi connectivity index (χ0n) is 10.6. The number of methoxy groups -OCH3 is 1. The van der Waals surface area contributed by atoms with Gasteiger partial charge in [0.05, 0.1) is 7.11 Å². The van der Waals surface area contributed by atoms with E-state index in [1.54, 1.807) is 7.11 Å². The standard InChI is InChI=1S/C14H19NO3/c1-17-12-7-5-11(6-8-12)10-18-14(16)13-4-2-3-9-15-13/h5-8,13,15H,2-4,9-10H2,1H3/t13-/m0/s1. The van der Waals surface area contributed by atoms with E-state index in [0.29, 0.717) is 6.61 Å². The molecular weight excluding hydrogens is 230 g/mol. The zero-order chi connectivity index (χ0) is 12.8. The first-order valence-corrected chi connectivity index (χ1v) is 6.32. The molecule has 4 nitrogen and oxygen atoms in total. The molecule has 0 aliphatic carbocycles. The molecule has 0 bridgehead atoms. The summed E-state index contributed by atoms with van der Waals surface area (Å²) in [6.07, 6.45) is 3.11. The Morgan fingerprint density at radius 3 is 2.72 bits per heavy atom. The molecule has 4 heteroatoms. The van der Waals surface area contributed by atoms with Gasteiger partial charge in [0.1, 0.15) is 18.4 Å². The zero-order valence-corrected chi connectivity index (χ0v) is 10.6. The number of carbonyl (C=O) groups is 1. The summed E-state index contributed by atoms with van der Waals surface area (Å²) in [6.45, 7) is 1.23. The third kappa shape index (κ3) is 3.47. The van der Waals surface area contributed by atoms with Crippen LogP contribution in [0.15, 0.2) is 24.3 Å². The molecule has 0 radical (unpaired) electrons. The fraction of sp³-hybridized carbons (Fsp3) is 0.500. The number of rotatable bonds is 4. The highest BCUT2D eigenvalue weighted by Crippen LogP contribution is 2.13. The second-order valence-corrected chi connectivity index (χ2v) is 4.46. The molecule has 1 aromatic carbocycles. The minimum Gasteiger partial charge on any atom is -0.497 e. The smallest absolute Gasteiger partial charge is 0.323 e. The van der Waals surface area contributed by atoms with Crippen molar-refractivity contribution in [2.24, 2.45) is 0 Å². The minimum absolute atomic E-state index is 0.128. The Hall–Kier alpha value is -1.55. The van der Waals surface area contributed by atoms with E-state index in [-0.39, 0.29) is 12.0 Å². The van der Waals surface area contributed by atoms with Crippen molar-refractivity contribution >= 4 is 5.97 Å². The fourth-order valence-electron chi connectivity index (χ4n) is 2.03. The van der Waals surface area contributed by atoms with Gasteiger partial charge in [0, 0.05) is 0 Å².